The number of anilines is 2. The van der Waals surface area contributed by atoms with Crippen LogP contribution in [0, 0.1) is 18.7 Å². The van der Waals surface area contributed by atoms with Crippen molar-refractivity contribution >= 4 is 34.0 Å². The van der Waals surface area contributed by atoms with Gasteiger partial charge in [-0.3, -0.25) is 9.59 Å². The van der Waals surface area contributed by atoms with Crippen LogP contribution in [0.4, 0.5) is 15.2 Å². The number of carbonyl (C=O) groups is 2. The molecule has 0 aliphatic carbocycles. The molecule has 142 valence electrons. The Morgan fingerprint density at radius 2 is 1.93 bits per heavy atom. The van der Waals surface area contributed by atoms with Crippen molar-refractivity contribution in [3.63, 3.8) is 0 Å². The van der Waals surface area contributed by atoms with E-state index < -0.39 is 11.7 Å². The molecular weight excluding hydrogens is 379 g/mol. The third-order valence-electron chi connectivity index (χ3n) is 4.66. The third-order valence-corrected chi connectivity index (χ3v) is 5.53. The largest absolute Gasteiger partial charge is 0.311 e. The maximum atomic E-state index is 13.9. The Morgan fingerprint density at radius 1 is 1.18 bits per heavy atom. The lowest BCUT2D eigenvalue weighted by molar-refractivity contribution is -0.122. The van der Waals surface area contributed by atoms with Gasteiger partial charge in [-0.25, -0.2) is 4.39 Å². The minimum Gasteiger partial charge on any atom is -0.311 e. The molecule has 0 radical (unpaired) electrons. The first-order chi connectivity index (χ1) is 13.5. The first kappa shape index (κ1) is 18.2. The van der Waals surface area contributed by atoms with Crippen LogP contribution in [0.5, 0.6) is 0 Å². The molecule has 0 saturated carbocycles. The fraction of sp³-hybridized carbons (Fsp3) is 0.200. The molecular formula is C20H17FN4O2S. The van der Waals surface area contributed by atoms with Crippen LogP contribution in [0.25, 0.3) is 10.6 Å². The Morgan fingerprint density at radius 3 is 2.71 bits per heavy atom. The van der Waals surface area contributed by atoms with E-state index in [2.05, 4.69) is 15.5 Å². The van der Waals surface area contributed by atoms with Gasteiger partial charge in [-0.2, -0.15) is 0 Å². The molecule has 3 aromatic rings. The van der Waals surface area contributed by atoms with Crippen LogP contribution in [-0.2, 0) is 9.59 Å². The van der Waals surface area contributed by atoms with Gasteiger partial charge in [0.15, 0.2) is 5.01 Å². The molecule has 1 aliphatic heterocycles. The fourth-order valence-corrected chi connectivity index (χ4v) is 3.98. The van der Waals surface area contributed by atoms with Gasteiger partial charge >= 0.3 is 0 Å². The zero-order valence-corrected chi connectivity index (χ0v) is 15.9. The summed E-state index contributed by atoms with van der Waals surface area (Å²) in [6, 6.07) is 13.8. The molecule has 1 fully saturated rings. The number of rotatable bonds is 4. The lowest BCUT2D eigenvalue weighted by atomic mass is 10.1. The Kier molecular flexibility index (Phi) is 4.87. The second-order valence-corrected chi connectivity index (χ2v) is 7.55. The van der Waals surface area contributed by atoms with Crippen LogP contribution in [0.15, 0.2) is 48.5 Å². The highest BCUT2D eigenvalue weighted by atomic mass is 32.1. The molecule has 6 nitrogen and oxygen atoms in total. The van der Waals surface area contributed by atoms with Crippen LogP contribution in [0.2, 0.25) is 0 Å². The highest BCUT2D eigenvalue weighted by Crippen LogP contribution is 2.31. The SMILES string of the molecule is Cc1ccccc1N1C[C@@H](C(=O)Nc2nnc(-c3ccccc3F)s2)CC1=O. The number of hydrogen-bond donors (Lipinski definition) is 1. The van der Waals surface area contributed by atoms with E-state index in [4.69, 9.17) is 0 Å². The van der Waals surface area contributed by atoms with E-state index in [0.717, 1.165) is 22.6 Å². The number of para-hydroxylation sites is 1. The molecule has 1 saturated heterocycles. The highest BCUT2D eigenvalue weighted by Gasteiger charge is 2.36. The number of hydrogen-bond acceptors (Lipinski definition) is 5. The van der Waals surface area contributed by atoms with Crippen LogP contribution >= 0.6 is 11.3 Å². The molecule has 2 amide bonds. The van der Waals surface area contributed by atoms with Crippen molar-refractivity contribution in [3.05, 3.63) is 59.9 Å². The zero-order valence-electron chi connectivity index (χ0n) is 15.1. The van der Waals surface area contributed by atoms with Gasteiger partial charge in [-0.15, -0.1) is 10.2 Å². The Bertz CT molecular complexity index is 1050. The van der Waals surface area contributed by atoms with Crippen molar-refractivity contribution in [2.24, 2.45) is 5.92 Å². The maximum absolute atomic E-state index is 13.9. The summed E-state index contributed by atoms with van der Waals surface area (Å²) in [5.41, 5.74) is 2.14. The molecule has 0 unspecified atom stereocenters. The second-order valence-electron chi connectivity index (χ2n) is 6.57. The highest BCUT2D eigenvalue weighted by molar-refractivity contribution is 7.18. The van der Waals surface area contributed by atoms with Gasteiger partial charge in [0.05, 0.1) is 5.92 Å². The summed E-state index contributed by atoms with van der Waals surface area (Å²) in [6.45, 7) is 2.25. The predicted molar refractivity (Wildman–Crippen MR) is 106 cm³/mol. The molecule has 28 heavy (non-hydrogen) atoms. The minimum absolute atomic E-state index is 0.0845. The van der Waals surface area contributed by atoms with Crippen molar-refractivity contribution in [1.82, 2.24) is 10.2 Å². The van der Waals surface area contributed by atoms with Crippen molar-refractivity contribution in [2.75, 3.05) is 16.8 Å². The summed E-state index contributed by atoms with van der Waals surface area (Å²) in [7, 11) is 0. The second kappa shape index (κ2) is 7.47. The van der Waals surface area contributed by atoms with Crippen molar-refractivity contribution in [3.8, 4) is 10.6 Å². The molecule has 0 bridgehead atoms. The summed E-state index contributed by atoms with van der Waals surface area (Å²) in [5, 5.41) is 11.3. The van der Waals surface area contributed by atoms with Crippen LogP contribution < -0.4 is 10.2 Å². The molecule has 4 rings (SSSR count). The van der Waals surface area contributed by atoms with Crippen LogP contribution in [0.3, 0.4) is 0 Å². The standard InChI is InChI=1S/C20H17FN4O2S/c1-12-6-2-5-9-16(12)25-11-13(10-17(25)26)18(27)22-20-24-23-19(28-20)14-7-3-4-8-15(14)21/h2-9,13H,10-11H2,1H3,(H,22,24,27)/t13-/m0/s1. The summed E-state index contributed by atoms with van der Waals surface area (Å²) >= 11 is 1.09. The summed E-state index contributed by atoms with van der Waals surface area (Å²) in [4.78, 5) is 26.7. The van der Waals surface area contributed by atoms with E-state index >= 15 is 0 Å². The lowest BCUT2D eigenvalue weighted by Gasteiger charge is -2.18. The Balaban J connectivity index is 1.46. The number of halogens is 1. The van der Waals surface area contributed by atoms with E-state index in [9.17, 15) is 14.0 Å². The molecule has 8 heteroatoms. The number of benzene rings is 2. The zero-order chi connectivity index (χ0) is 19.7. The molecule has 2 aromatic carbocycles. The van der Waals surface area contributed by atoms with Gasteiger partial charge in [-0.05, 0) is 30.7 Å². The van der Waals surface area contributed by atoms with Crippen molar-refractivity contribution in [1.29, 1.82) is 0 Å². The number of carbonyl (C=O) groups excluding carboxylic acids is 2. The number of amides is 2. The van der Waals surface area contributed by atoms with Gasteiger partial charge in [0, 0.05) is 24.2 Å². The molecule has 1 N–H and O–H groups in total. The number of nitrogens with zero attached hydrogens (tertiary/aromatic N) is 3. The normalized spacial score (nSPS) is 16.4. The number of aromatic nitrogens is 2. The van der Waals surface area contributed by atoms with Gasteiger partial charge in [-0.1, -0.05) is 41.7 Å². The fourth-order valence-electron chi connectivity index (χ4n) is 3.21. The van der Waals surface area contributed by atoms with Gasteiger partial charge in [0.25, 0.3) is 0 Å². The van der Waals surface area contributed by atoms with Gasteiger partial charge in [0.1, 0.15) is 5.82 Å². The van der Waals surface area contributed by atoms with E-state index in [-0.39, 0.29) is 23.4 Å². The molecule has 1 aromatic heterocycles. The predicted octanol–water partition coefficient (Wildman–Crippen LogP) is 3.64. The van der Waals surface area contributed by atoms with Crippen LogP contribution in [-0.4, -0.2) is 28.6 Å². The summed E-state index contributed by atoms with van der Waals surface area (Å²) in [6.07, 6.45) is 0.138. The topological polar surface area (TPSA) is 75.2 Å². The summed E-state index contributed by atoms with van der Waals surface area (Å²) in [5.74, 6) is -1.25. The van der Waals surface area contributed by atoms with Gasteiger partial charge < -0.3 is 10.2 Å². The quantitative estimate of drug-likeness (QED) is 0.731. The lowest BCUT2D eigenvalue weighted by Crippen LogP contribution is -2.28. The number of aryl methyl sites for hydroxylation is 1. The first-order valence-electron chi connectivity index (χ1n) is 8.78. The summed E-state index contributed by atoms with van der Waals surface area (Å²) < 4.78 is 13.9. The third kappa shape index (κ3) is 3.50. The average molecular weight is 396 g/mol. The monoisotopic (exact) mass is 396 g/mol. The molecule has 1 aliphatic rings. The molecule has 0 spiro atoms. The van der Waals surface area contributed by atoms with Crippen molar-refractivity contribution in [2.45, 2.75) is 13.3 Å². The van der Waals surface area contributed by atoms with E-state index in [0.29, 0.717) is 17.1 Å². The number of nitrogens with one attached hydrogen (secondary N) is 1. The van der Waals surface area contributed by atoms with E-state index in [1.807, 2.05) is 31.2 Å². The molecule has 2 heterocycles. The first-order valence-corrected chi connectivity index (χ1v) is 9.60. The smallest absolute Gasteiger partial charge is 0.231 e. The molecule has 1 atom stereocenters. The minimum atomic E-state index is -0.479. The van der Waals surface area contributed by atoms with Gasteiger partial charge in [0.2, 0.25) is 16.9 Å². The van der Waals surface area contributed by atoms with E-state index in [1.165, 1.54) is 6.07 Å². The average Bonchev–Trinajstić information content (AvgIpc) is 3.29. The Hall–Kier alpha value is -3.13. The van der Waals surface area contributed by atoms with Crippen molar-refractivity contribution < 1.29 is 14.0 Å². The van der Waals surface area contributed by atoms with Crippen LogP contribution in [0.1, 0.15) is 12.0 Å². The maximum Gasteiger partial charge on any atom is 0.231 e. The van der Waals surface area contributed by atoms with E-state index in [1.54, 1.807) is 23.1 Å². The Labute approximate surface area is 165 Å².